The Labute approximate surface area is 164 Å². The first-order valence-electron chi connectivity index (χ1n) is 9.12. The summed E-state index contributed by atoms with van der Waals surface area (Å²) in [5.41, 5.74) is 1.82. The number of hydrogen-bond donors (Lipinski definition) is 2. The van der Waals surface area contributed by atoms with Crippen molar-refractivity contribution in [2.45, 2.75) is 25.1 Å². The lowest BCUT2D eigenvalue weighted by Gasteiger charge is -2.31. The number of para-hydroxylation sites is 1. The van der Waals surface area contributed by atoms with Crippen molar-refractivity contribution < 1.29 is 18.0 Å². The highest BCUT2D eigenvalue weighted by atomic mass is 19.4. The number of aromatic amines is 1. The third-order valence-electron chi connectivity index (χ3n) is 5.07. The summed E-state index contributed by atoms with van der Waals surface area (Å²) >= 11 is 0. The molecule has 5 nitrogen and oxygen atoms in total. The molecule has 2 amide bonds. The van der Waals surface area contributed by atoms with Crippen LogP contribution in [0.15, 0.2) is 48.5 Å². The lowest BCUT2D eigenvalue weighted by Crippen LogP contribution is -2.44. The molecule has 148 valence electrons. The molecule has 4 rings (SSSR count). The largest absolute Gasteiger partial charge is 0.414 e. The van der Waals surface area contributed by atoms with Gasteiger partial charge in [0.2, 0.25) is 0 Å². The molecule has 8 heteroatoms. The number of anilines is 1. The number of nitrogens with one attached hydrogen (secondary N) is 2. The van der Waals surface area contributed by atoms with Gasteiger partial charge in [0.15, 0.2) is 6.04 Å². The van der Waals surface area contributed by atoms with Gasteiger partial charge in [-0.1, -0.05) is 24.3 Å². The van der Waals surface area contributed by atoms with Crippen LogP contribution in [0.4, 0.5) is 23.7 Å². The van der Waals surface area contributed by atoms with Gasteiger partial charge in [-0.05, 0) is 42.7 Å². The van der Waals surface area contributed by atoms with Crippen LogP contribution in [-0.2, 0) is 6.42 Å². The number of hydrogen-bond acceptors (Lipinski definition) is 2. The highest BCUT2D eigenvalue weighted by Crippen LogP contribution is 2.43. The molecule has 0 saturated carbocycles. The summed E-state index contributed by atoms with van der Waals surface area (Å²) in [6, 6.07) is 12.2. The predicted octanol–water partition coefficient (Wildman–Crippen LogP) is 5.12. The van der Waals surface area contributed by atoms with Crippen molar-refractivity contribution in [3.8, 4) is 6.07 Å². The van der Waals surface area contributed by atoms with E-state index in [0.717, 1.165) is 10.3 Å². The monoisotopic (exact) mass is 398 g/mol. The molecule has 0 aliphatic carbocycles. The summed E-state index contributed by atoms with van der Waals surface area (Å²) in [5.74, 6) is 0. The Balaban J connectivity index is 1.74. The van der Waals surface area contributed by atoms with Crippen molar-refractivity contribution in [2.75, 3.05) is 11.9 Å². The first-order chi connectivity index (χ1) is 13.9. The fraction of sp³-hybridized carbons (Fsp3) is 0.238. The van der Waals surface area contributed by atoms with E-state index >= 15 is 0 Å². The number of urea groups is 1. The lowest BCUT2D eigenvalue weighted by molar-refractivity contribution is -0.178. The van der Waals surface area contributed by atoms with Crippen LogP contribution in [0.5, 0.6) is 0 Å². The number of carbonyl (C=O) groups excluding carboxylic acids is 1. The zero-order valence-electron chi connectivity index (χ0n) is 15.3. The number of alkyl halides is 3. The summed E-state index contributed by atoms with van der Waals surface area (Å²) in [5, 5.41) is 12.2. The van der Waals surface area contributed by atoms with Gasteiger partial charge in [-0.15, -0.1) is 0 Å². The van der Waals surface area contributed by atoms with Crippen LogP contribution < -0.4 is 5.32 Å². The van der Waals surface area contributed by atoms with Crippen molar-refractivity contribution >= 4 is 22.6 Å². The third kappa shape index (κ3) is 3.51. The quantitative estimate of drug-likeness (QED) is 0.597. The molecule has 0 saturated heterocycles. The Bertz CT molecular complexity index is 1110. The summed E-state index contributed by atoms with van der Waals surface area (Å²) in [6.45, 7) is -0.0369. The minimum absolute atomic E-state index is 0.0112. The van der Waals surface area contributed by atoms with E-state index in [1.165, 1.54) is 12.1 Å². The Kier molecular flexibility index (Phi) is 4.66. The SMILES string of the molecule is N#Cc1cccc(NC(=O)N2CCCc3c([nH]c4ccccc34)C2C(F)(F)F)c1. The van der Waals surface area contributed by atoms with E-state index in [2.05, 4.69) is 10.3 Å². The van der Waals surface area contributed by atoms with Gasteiger partial charge >= 0.3 is 12.2 Å². The van der Waals surface area contributed by atoms with Gasteiger partial charge in [-0.2, -0.15) is 18.4 Å². The highest BCUT2D eigenvalue weighted by Gasteiger charge is 2.49. The number of nitrogens with zero attached hydrogens (tertiary/aromatic N) is 2. The Morgan fingerprint density at radius 1 is 1.21 bits per heavy atom. The molecule has 0 fully saturated rings. The van der Waals surface area contributed by atoms with Crippen LogP contribution in [0.1, 0.15) is 29.3 Å². The second-order valence-electron chi connectivity index (χ2n) is 6.93. The van der Waals surface area contributed by atoms with Crippen LogP contribution in [-0.4, -0.2) is 28.6 Å². The van der Waals surface area contributed by atoms with Gasteiger partial charge in [0.1, 0.15) is 0 Å². The Morgan fingerprint density at radius 3 is 2.76 bits per heavy atom. The van der Waals surface area contributed by atoms with E-state index in [0.29, 0.717) is 29.5 Å². The summed E-state index contributed by atoms with van der Waals surface area (Å²) in [7, 11) is 0. The van der Waals surface area contributed by atoms with Gasteiger partial charge in [0, 0.05) is 23.1 Å². The second kappa shape index (κ2) is 7.17. The van der Waals surface area contributed by atoms with Crippen molar-refractivity contribution in [3.63, 3.8) is 0 Å². The number of aromatic nitrogens is 1. The van der Waals surface area contributed by atoms with Crippen LogP contribution in [0, 0.1) is 11.3 Å². The maximum absolute atomic E-state index is 14.1. The summed E-state index contributed by atoms with van der Waals surface area (Å²) in [6.07, 6.45) is -3.79. The fourth-order valence-electron chi connectivity index (χ4n) is 3.86. The van der Waals surface area contributed by atoms with Gasteiger partial charge in [-0.3, -0.25) is 0 Å². The summed E-state index contributed by atoms with van der Waals surface area (Å²) < 4.78 is 42.3. The van der Waals surface area contributed by atoms with E-state index in [9.17, 15) is 18.0 Å². The molecule has 0 spiro atoms. The van der Waals surface area contributed by atoms with Crippen molar-refractivity contribution in [3.05, 3.63) is 65.4 Å². The number of benzene rings is 2. The number of H-pyrrole nitrogens is 1. The average molecular weight is 398 g/mol. The molecular formula is C21H17F3N4O. The highest BCUT2D eigenvalue weighted by molar-refractivity contribution is 5.91. The van der Waals surface area contributed by atoms with Gasteiger partial charge in [-0.25, -0.2) is 4.79 Å². The Hall–Kier alpha value is -3.47. The smallest absolute Gasteiger partial charge is 0.356 e. The normalized spacial score (nSPS) is 16.8. The number of nitriles is 1. The van der Waals surface area contributed by atoms with Gasteiger partial charge in [0.05, 0.1) is 17.3 Å². The van der Waals surface area contributed by atoms with Crippen LogP contribution >= 0.6 is 0 Å². The first-order valence-corrected chi connectivity index (χ1v) is 9.12. The van der Waals surface area contributed by atoms with Crippen LogP contribution in [0.2, 0.25) is 0 Å². The molecule has 2 heterocycles. The molecule has 1 atom stereocenters. The van der Waals surface area contributed by atoms with Crippen LogP contribution in [0.3, 0.4) is 0 Å². The average Bonchev–Trinajstić information content (AvgIpc) is 2.92. The van der Waals surface area contributed by atoms with Crippen molar-refractivity contribution in [1.29, 1.82) is 5.26 Å². The molecule has 1 aliphatic heterocycles. The molecule has 1 aliphatic rings. The second-order valence-corrected chi connectivity index (χ2v) is 6.93. The van der Waals surface area contributed by atoms with E-state index in [4.69, 9.17) is 5.26 Å². The molecule has 1 aromatic heterocycles. The minimum Gasteiger partial charge on any atom is -0.356 e. The van der Waals surface area contributed by atoms with Crippen molar-refractivity contribution in [2.24, 2.45) is 0 Å². The zero-order valence-corrected chi connectivity index (χ0v) is 15.3. The number of fused-ring (bicyclic) bond motifs is 3. The zero-order chi connectivity index (χ0) is 20.6. The molecule has 2 N–H and O–H groups in total. The van der Waals surface area contributed by atoms with E-state index in [1.54, 1.807) is 36.4 Å². The predicted molar refractivity (Wildman–Crippen MR) is 102 cm³/mol. The lowest BCUT2D eigenvalue weighted by atomic mass is 10.0. The van der Waals surface area contributed by atoms with Gasteiger partial charge < -0.3 is 15.2 Å². The standard InChI is InChI=1S/C21H17F3N4O/c22-21(23,24)19-18-16(15-7-1-2-9-17(15)27-18)8-4-10-28(19)20(29)26-14-6-3-5-13(11-14)12-25/h1-3,5-7,9,11,19,27H,4,8,10H2,(H,26,29). The molecule has 1 unspecified atom stereocenters. The van der Waals surface area contributed by atoms with E-state index < -0.39 is 18.2 Å². The number of rotatable bonds is 1. The molecule has 2 aromatic carbocycles. The third-order valence-corrected chi connectivity index (χ3v) is 5.07. The number of aryl methyl sites for hydroxylation is 1. The minimum atomic E-state index is -4.65. The first kappa shape index (κ1) is 18.9. The number of amides is 2. The van der Waals surface area contributed by atoms with Crippen LogP contribution in [0.25, 0.3) is 10.9 Å². The van der Waals surface area contributed by atoms with E-state index in [1.807, 2.05) is 6.07 Å². The maximum atomic E-state index is 14.1. The molecule has 0 radical (unpaired) electrons. The van der Waals surface area contributed by atoms with Crippen molar-refractivity contribution in [1.82, 2.24) is 9.88 Å². The number of carbonyl (C=O) groups is 1. The Morgan fingerprint density at radius 2 is 2.00 bits per heavy atom. The fourth-order valence-corrected chi connectivity index (χ4v) is 3.86. The number of halogens is 3. The topological polar surface area (TPSA) is 71.9 Å². The maximum Gasteiger partial charge on any atom is 0.414 e. The van der Waals surface area contributed by atoms with Gasteiger partial charge in [0.25, 0.3) is 0 Å². The molecule has 29 heavy (non-hydrogen) atoms. The summed E-state index contributed by atoms with van der Waals surface area (Å²) in [4.78, 5) is 16.5. The molecular weight excluding hydrogens is 381 g/mol. The molecule has 3 aromatic rings. The van der Waals surface area contributed by atoms with E-state index in [-0.39, 0.29) is 17.9 Å². The molecule has 0 bridgehead atoms.